The van der Waals surface area contributed by atoms with E-state index in [1.165, 1.54) is 20.0 Å². The second-order valence-corrected chi connectivity index (χ2v) is 5.79. The molecular weight excluding hydrogens is 238 g/mol. The van der Waals surface area contributed by atoms with Gasteiger partial charge in [-0.05, 0) is 49.3 Å². The Hall–Kier alpha value is -1.51. The fourth-order valence-corrected chi connectivity index (χ4v) is 2.67. The normalized spacial score (nSPS) is 21.9. The summed E-state index contributed by atoms with van der Waals surface area (Å²) in [4.78, 5) is 11.6. The maximum Gasteiger partial charge on any atom is 0.338 e. The quantitative estimate of drug-likeness (QED) is 0.841. The van der Waals surface area contributed by atoms with Crippen molar-refractivity contribution >= 4 is 11.7 Å². The molecule has 0 saturated heterocycles. The molecule has 0 heterocycles. The maximum atomic E-state index is 11.6. The number of anilines is 1. The van der Waals surface area contributed by atoms with Gasteiger partial charge in [0.1, 0.15) is 0 Å². The molecule has 2 rings (SSSR count). The molecule has 0 spiro atoms. The highest BCUT2D eigenvalue weighted by atomic mass is 16.5. The van der Waals surface area contributed by atoms with Crippen LogP contribution in [0.15, 0.2) is 18.2 Å². The van der Waals surface area contributed by atoms with Crippen molar-refractivity contribution in [3.05, 3.63) is 29.3 Å². The number of methoxy groups -OCH3 is 1. The Labute approximate surface area is 115 Å². The number of hydrogen-bond acceptors (Lipinski definition) is 3. The lowest BCUT2D eigenvalue weighted by molar-refractivity contribution is 0.0600. The van der Waals surface area contributed by atoms with Crippen LogP contribution in [0.3, 0.4) is 0 Å². The Balaban J connectivity index is 2.04. The van der Waals surface area contributed by atoms with E-state index in [1.807, 2.05) is 25.1 Å². The second kappa shape index (κ2) is 5.64. The first-order valence-corrected chi connectivity index (χ1v) is 6.97. The third-order valence-electron chi connectivity index (χ3n) is 4.22. The van der Waals surface area contributed by atoms with Crippen LogP contribution in [0, 0.1) is 18.8 Å². The Morgan fingerprint density at radius 3 is 2.63 bits per heavy atom. The summed E-state index contributed by atoms with van der Waals surface area (Å²) < 4.78 is 4.80. The lowest BCUT2D eigenvalue weighted by Gasteiger charge is -2.39. The fourth-order valence-electron chi connectivity index (χ4n) is 2.67. The zero-order valence-electron chi connectivity index (χ0n) is 12.2. The highest BCUT2D eigenvalue weighted by Gasteiger charge is 2.31. The average molecular weight is 261 g/mol. The van der Waals surface area contributed by atoms with Gasteiger partial charge in [0.2, 0.25) is 0 Å². The van der Waals surface area contributed by atoms with Crippen LogP contribution in [-0.2, 0) is 4.74 Å². The summed E-state index contributed by atoms with van der Waals surface area (Å²) in [5.74, 6) is 1.33. The zero-order chi connectivity index (χ0) is 14.0. The Morgan fingerprint density at radius 1 is 1.37 bits per heavy atom. The minimum Gasteiger partial charge on any atom is -0.465 e. The van der Waals surface area contributed by atoms with Crippen molar-refractivity contribution in [1.82, 2.24) is 0 Å². The van der Waals surface area contributed by atoms with Gasteiger partial charge in [-0.3, -0.25) is 0 Å². The first-order chi connectivity index (χ1) is 9.02. The van der Waals surface area contributed by atoms with Crippen LogP contribution < -0.4 is 5.32 Å². The first-order valence-electron chi connectivity index (χ1n) is 6.97. The van der Waals surface area contributed by atoms with Crippen molar-refractivity contribution in [3.8, 4) is 0 Å². The molecule has 1 aliphatic carbocycles. The van der Waals surface area contributed by atoms with Gasteiger partial charge in [0, 0.05) is 11.7 Å². The number of carbonyl (C=O) groups is 1. The van der Waals surface area contributed by atoms with E-state index in [2.05, 4.69) is 19.2 Å². The van der Waals surface area contributed by atoms with E-state index in [-0.39, 0.29) is 5.97 Å². The molecule has 0 radical (unpaired) electrons. The molecule has 1 aromatic carbocycles. The van der Waals surface area contributed by atoms with E-state index < -0.39 is 0 Å². The van der Waals surface area contributed by atoms with Gasteiger partial charge in [-0.2, -0.15) is 0 Å². The molecule has 1 fully saturated rings. The molecular formula is C16H23NO2. The molecule has 3 nitrogen and oxygen atoms in total. The third-order valence-corrected chi connectivity index (χ3v) is 4.22. The third kappa shape index (κ3) is 2.91. The number of carbonyl (C=O) groups excluding carboxylic acids is 1. The van der Waals surface area contributed by atoms with Gasteiger partial charge < -0.3 is 10.1 Å². The van der Waals surface area contributed by atoms with Gasteiger partial charge in [-0.25, -0.2) is 4.79 Å². The number of ether oxygens (including phenoxy) is 1. The number of hydrogen-bond donors (Lipinski definition) is 1. The Kier molecular flexibility index (Phi) is 4.13. The lowest BCUT2D eigenvalue weighted by Crippen LogP contribution is -2.38. The van der Waals surface area contributed by atoms with Crippen LogP contribution in [0.2, 0.25) is 0 Å². The first kappa shape index (κ1) is 13.9. The van der Waals surface area contributed by atoms with E-state index in [1.54, 1.807) is 0 Å². The van der Waals surface area contributed by atoms with Gasteiger partial charge in [-0.15, -0.1) is 0 Å². The zero-order valence-corrected chi connectivity index (χ0v) is 12.2. The second-order valence-electron chi connectivity index (χ2n) is 5.79. The van der Waals surface area contributed by atoms with Crippen molar-refractivity contribution in [3.63, 3.8) is 0 Å². The number of esters is 1. The van der Waals surface area contributed by atoms with E-state index in [0.29, 0.717) is 11.6 Å². The summed E-state index contributed by atoms with van der Waals surface area (Å²) >= 11 is 0. The van der Waals surface area contributed by atoms with Crippen molar-refractivity contribution in [2.45, 2.75) is 39.7 Å². The molecule has 1 aliphatic rings. The van der Waals surface area contributed by atoms with Crippen molar-refractivity contribution < 1.29 is 9.53 Å². The summed E-state index contributed by atoms with van der Waals surface area (Å²) in [5.41, 5.74) is 2.67. The van der Waals surface area contributed by atoms with E-state index in [9.17, 15) is 4.79 Å². The molecule has 0 amide bonds. The predicted octanol–water partition coefficient (Wildman–Crippen LogP) is 3.63. The van der Waals surface area contributed by atoms with Gasteiger partial charge in [0.15, 0.2) is 0 Å². The molecule has 0 aliphatic heterocycles. The number of rotatable bonds is 4. The smallest absolute Gasteiger partial charge is 0.338 e. The molecule has 19 heavy (non-hydrogen) atoms. The van der Waals surface area contributed by atoms with Crippen LogP contribution in [0.5, 0.6) is 0 Å². The molecule has 1 aromatic rings. The summed E-state index contributed by atoms with van der Waals surface area (Å²) in [6.45, 7) is 6.53. The lowest BCUT2D eigenvalue weighted by atomic mass is 9.73. The minimum absolute atomic E-state index is 0.269. The molecule has 1 N–H and O–H groups in total. The topological polar surface area (TPSA) is 38.3 Å². The van der Waals surface area contributed by atoms with E-state index in [0.717, 1.165) is 23.1 Å². The average Bonchev–Trinajstić information content (AvgIpc) is 2.33. The van der Waals surface area contributed by atoms with Gasteiger partial charge in [0.05, 0.1) is 12.7 Å². The van der Waals surface area contributed by atoms with Crippen LogP contribution in [-0.4, -0.2) is 19.1 Å². The van der Waals surface area contributed by atoms with Crippen LogP contribution >= 0.6 is 0 Å². The molecule has 0 bridgehead atoms. The number of benzene rings is 1. The SMILES string of the molecule is COC(=O)c1cccc(NC2CC(C(C)C)C2)c1C. The number of nitrogens with one attached hydrogen (secondary N) is 1. The highest BCUT2D eigenvalue weighted by Crippen LogP contribution is 2.36. The Bertz CT molecular complexity index is 462. The molecule has 0 unspecified atom stereocenters. The maximum absolute atomic E-state index is 11.6. The van der Waals surface area contributed by atoms with E-state index in [4.69, 9.17) is 4.74 Å². The molecule has 0 atom stereocenters. The molecule has 0 aromatic heterocycles. The Morgan fingerprint density at radius 2 is 2.05 bits per heavy atom. The van der Waals surface area contributed by atoms with Crippen molar-refractivity contribution in [2.24, 2.45) is 11.8 Å². The summed E-state index contributed by atoms with van der Waals surface area (Å²) in [7, 11) is 1.42. The minimum atomic E-state index is -0.269. The highest BCUT2D eigenvalue weighted by molar-refractivity contribution is 5.92. The molecule has 1 saturated carbocycles. The summed E-state index contributed by atoms with van der Waals surface area (Å²) in [5, 5.41) is 3.54. The van der Waals surface area contributed by atoms with Gasteiger partial charge in [0.25, 0.3) is 0 Å². The van der Waals surface area contributed by atoms with E-state index >= 15 is 0 Å². The van der Waals surface area contributed by atoms with Crippen LogP contribution in [0.1, 0.15) is 42.6 Å². The summed E-state index contributed by atoms with van der Waals surface area (Å²) in [6, 6.07) is 6.29. The predicted molar refractivity (Wildman–Crippen MR) is 77.5 cm³/mol. The van der Waals surface area contributed by atoms with Gasteiger partial charge in [-0.1, -0.05) is 19.9 Å². The largest absolute Gasteiger partial charge is 0.465 e. The summed E-state index contributed by atoms with van der Waals surface area (Å²) in [6.07, 6.45) is 2.44. The van der Waals surface area contributed by atoms with Crippen molar-refractivity contribution in [2.75, 3.05) is 12.4 Å². The standard InChI is InChI=1S/C16H23NO2/c1-10(2)12-8-13(9-12)17-15-7-5-6-14(11(15)3)16(18)19-4/h5-7,10,12-13,17H,8-9H2,1-4H3. The monoisotopic (exact) mass is 261 g/mol. The molecule has 104 valence electrons. The van der Waals surface area contributed by atoms with Crippen LogP contribution in [0.25, 0.3) is 0 Å². The van der Waals surface area contributed by atoms with Crippen LogP contribution in [0.4, 0.5) is 5.69 Å². The van der Waals surface area contributed by atoms with Crippen molar-refractivity contribution in [1.29, 1.82) is 0 Å². The fraction of sp³-hybridized carbons (Fsp3) is 0.562. The van der Waals surface area contributed by atoms with Gasteiger partial charge >= 0.3 is 5.97 Å². The molecule has 3 heteroatoms.